The first-order chi connectivity index (χ1) is 8.19. The minimum absolute atomic E-state index is 0.174. The van der Waals surface area contributed by atoms with Crippen LogP contribution in [-0.2, 0) is 4.79 Å². The van der Waals surface area contributed by atoms with Gasteiger partial charge < -0.3 is 15.7 Å². The van der Waals surface area contributed by atoms with E-state index in [1.54, 1.807) is 0 Å². The highest BCUT2D eigenvalue weighted by atomic mass is 16.3. The molecule has 1 saturated heterocycles. The van der Waals surface area contributed by atoms with E-state index in [2.05, 4.69) is 6.92 Å². The van der Waals surface area contributed by atoms with Gasteiger partial charge in [-0.25, -0.2) is 0 Å². The van der Waals surface area contributed by atoms with Crippen LogP contribution in [0.4, 0.5) is 0 Å². The Bertz CT molecular complexity index is 231. The molecule has 0 aromatic carbocycles. The predicted octanol–water partition coefficient (Wildman–Crippen LogP) is 1.12. The Labute approximate surface area is 104 Å². The first kappa shape index (κ1) is 14.5. The summed E-state index contributed by atoms with van der Waals surface area (Å²) in [5.74, 6) is 0.656. The molecule has 1 amide bonds. The Kier molecular flexibility index (Phi) is 6.52. The molecule has 1 rings (SSSR count). The summed E-state index contributed by atoms with van der Waals surface area (Å²) in [5, 5.41) is 9.02. The highest BCUT2D eigenvalue weighted by Gasteiger charge is 2.25. The molecule has 17 heavy (non-hydrogen) atoms. The second kappa shape index (κ2) is 7.67. The second-order valence-corrected chi connectivity index (χ2v) is 5.13. The lowest BCUT2D eigenvalue weighted by Crippen LogP contribution is -2.44. The third kappa shape index (κ3) is 4.64. The van der Waals surface area contributed by atoms with E-state index in [1.165, 1.54) is 6.42 Å². The molecular formula is C13H26N2O2. The number of hydrogen-bond donors (Lipinski definition) is 2. The zero-order valence-corrected chi connectivity index (χ0v) is 10.9. The molecule has 0 aromatic heterocycles. The molecule has 0 saturated carbocycles. The average molecular weight is 242 g/mol. The van der Waals surface area contributed by atoms with Crippen LogP contribution in [0.3, 0.4) is 0 Å². The molecule has 0 spiro atoms. The van der Waals surface area contributed by atoms with E-state index >= 15 is 0 Å². The van der Waals surface area contributed by atoms with Crippen LogP contribution in [0.15, 0.2) is 0 Å². The Balaban J connectivity index is 2.41. The van der Waals surface area contributed by atoms with Crippen molar-refractivity contribution in [2.24, 2.45) is 11.7 Å². The number of amides is 1. The van der Waals surface area contributed by atoms with Gasteiger partial charge in [0.05, 0.1) is 0 Å². The van der Waals surface area contributed by atoms with Gasteiger partial charge in [0.2, 0.25) is 5.91 Å². The molecular weight excluding hydrogens is 216 g/mol. The zero-order chi connectivity index (χ0) is 12.7. The number of hydrogen-bond acceptors (Lipinski definition) is 3. The minimum Gasteiger partial charge on any atom is -0.396 e. The maximum atomic E-state index is 12.1. The van der Waals surface area contributed by atoms with Gasteiger partial charge in [-0.3, -0.25) is 4.79 Å². The summed E-state index contributed by atoms with van der Waals surface area (Å²) >= 11 is 0. The topological polar surface area (TPSA) is 66.6 Å². The smallest absolute Gasteiger partial charge is 0.222 e. The largest absolute Gasteiger partial charge is 0.396 e. The molecule has 0 radical (unpaired) electrons. The molecule has 3 N–H and O–H groups in total. The van der Waals surface area contributed by atoms with Crippen LogP contribution >= 0.6 is 0 Å². The first-order valence-electron chi connectivity index (χ1n) is 6.79. The van der Waals surface area contributed by atoms with Gasteiger partial charge >= 0.3 is 0 Å². The Morgan fingerprint density at radius 2 is 2.29 bits per heavy atom. The van der Waals surface area contributed by atoms with Gasteiger partial charge in [0.25, 0.3) is 0 Å². The predicted molar refractivity (Wildman–Crippen MR) is 68.5 cm³/mol. The lowest BCUT2D eigenvalue weighted by atomic mass is 9.98. The third-order valence-corrected chi connectivity index (χ3v) is 3.66. The van der Waals surface area contributed by atoms with Crippen molar-refractivity contribution in [3.05, 3.63) is 0 Å². The fraction of sp³-hybridized carbons (Fsp3) is 0.923. The second-order valence-electron chi connectivity index (χ2n) is 5.13. The van der Waals surface area contributed by atoms with Gasteiger partial charge in [0.1, 0.15) is 0 Å². The molecule has 2 atom stereocenters. The van der Waals surface area contributed by atoms with E-state index in [-0.39, 0.29) is 18.6 Å². The van der Waals surface area contributed by atoms with Gasteiger partial charge in [-0.15, -0.1) is 0 Å². The molecule has 0 aliphatic carbocycles. The zero-order valence-electron chi connectivity index (χ0n) is 10.9. The maximum Gasteiger partial charge on any atom is 0.222 e. The van der Waals surface area contributed by atoms with E-state index in [1.807, 2.05) is 4.90 Å². The molecule has 4 nitrogen and oxygen atoms in total. The molecule has 4 heteroatoms. The molecule has 2 unspecified atom stereocenters. The SMILES string of the molecule is CC(CN)CCC(=O)N1CCCCC1CCO. The van der Waals surface area contributed by atoms with Crippen molar-refractivity contribution in [3.63, 3.8) is 0 Å². The summed E-state index contributed by atoms with van der Waals surface area (Å²) in [5.41, 5.74) is 5.55. The van der Waals surface area contributed by atoms with Crippen molar-refractivity contribution in [3.8, 4) is 0 Å². The van der Waals surface area contributed by atoms with Crippen LogP contribution < -0.4 is 5.73 Å². The van der Waals surface area contributed by atoms with Crippen LogP contribution in [0, 0.1) is 5.92 Å². The average Bonchev–Trinajstić information content (AvgIpc) is 2.36. The molecule has 1 aliphatic heterocycles. The van der Waals surface area contributed by atoms with Gasteiger partial charge in [-0.05, 0) is 44.6 Å². The highest BCUT2D eigenvalue weighted by molar-refractivity contribution is 5.76. The Morgan fingerprint density at radius 1 is 1.53 bits per heavy atom. The third-order valence-electron chi connectivity index (χ3n) is 3.66. The number of carbonyl (C=O) groups is 1. The van der Waals surface area contributed by atoms with Gasteiger partial charge in [-0.2, -0.15) is 0 Å². The Hall–Kier alpha value is -0.610. The molecule has 1 aliphatic rings. The number of aliphatic hydroxyl groups excluding tert-OH is 1. The van der Waals surface area contributed by atoms with Crippen LogP contribution in [0.1, 0.15) is 45.4 Å². The van der Waals surface area contributed by atoms with E-state index < -0.39 is 0 Å². The summed E-state index contributed by atoms with van der Waals surface area (Å²) in [6, 6.07) is 0.259. The molecule has 1 heterocycles. The van der Waals surface area contributed by atoms with E-state index in [9.17, 15) is 4.79 Å². The fourth-order valence-corrected chi connectivity index (χ4v) is 2.41. The van der Waals surface area contributed by atoms with E-state index in [0.717, 1.165) is 32.2 Å². The van der Waals surface area contributed by atoms with E-state index in [4.69, 9.17) is 10.8 Å². The van der Waals surface area contributed by atoms with Crippen molar-refractivity contribution in [2.75, 3.05) is 19.7 Å². The maximum absolute atomic E-state index is 12.1. The standard InChI is InChI=1S/C13H26N2O2/c1-11(10-14)5-6-13(17)15-8-3-2-4-12(15)7-9-16/h11-12,16H,2-10,14H2,1H3. The number of carbonyl (C=O) groups excluding carboxylic acids is 1. The summed E-state index contributed by atoms with van der Waals surface area (Å²) in [6.45, 7) is 3.76. The van der Waals surface area contributed by atoms with Crippen LogP contribution in [0.2, 0.25) is 0 Å². The molecule has 100 valence electrons. The van der Waals surface area contributed by atoms with Crippen LogP contribution in [0.25, 0.3) is 0 Å². The fourth-order valence-electron chi connectivity index (χ4n) is 2.41. The quantitative estimate of drug-likeness (QED) is 0.733. The van der Waals surface area contributed by atoms with Crippen molar-refractivity contribution in [2.45, 2.75) is 51.5 Å². The number of piperidine rings is 1. The lowest BCUT2D eigenvalue weighted by molar-refractivity contribution is -0.135. The van der Waals surface area contributed by atoms with Gasteiger partial charge in [0, 0.05) is 25.6 Å². The summed E-state index contributed by atoms with van der Waals surface area (Å²) in [7, 11) is 0. The van der Waals surface area contributed by atoms with Crippen molar-refractivity contribution in [1.82, 2.24) is 4.90 Å². The molecule has 1 fully saturated rings. The first-order valence-corrected chi connectivity index (χ1v) is 6.79. The van der Waals surface area contributed by atoms with Crippen molar-refractivity contribution < 1.29 is 9.90 Å². The van der Waals surface area contributed by atoms with Crippen LogP contribution in [-0.4, -0.2) is 41.7 Å². The number of aliphatic hydroxyl groups is 1. The number of likely N-dealkylation sites (tertiary alicyclic amines) is 1. The number of rotatable bonds is 6. The van der Waals surface area contributed by atoms with Gasteiger partial charge in [0.15, 0.2) is 0 Å². The van der Waals surface area contributed by atoms with E-state index in [0.29, 0.717) is 18.9 Å². The number of nitrogens with zero attached hydrogens (tertiary/aromatic N) is 1. The highest BCUT2D eigenvalue weighted by Crippen LogP contribution is 2.21. The minimum atomic E-state index is 0.174. The summed E-state index contributed by atoms with van der Waals surface area (Å²) < 4.78 is 0. The molecule has 0 aromatic rings. The normalized spacial score (nSPS) is 22.5. The monoisotopic (exact) mass is 242 g/mol. The van der Waals surface area contributed by atoms with Crippen LogP contribution in [0.5, 0.6) is 0 Å². The summed E-state index contributed by atoms with van der Waals surface area (Å²) in [4.78, 5) is 14.1. The summed E-state index contributed by atoms with van der Waals surface area (Å²) in [6.07, 6.45) is 5.50. The Morgan fingerprint density at radius 3 is 2.94 bits per heavy atom. The number of nitrogens with two attached hydrogens (primary N) is 1. The lowest BCUT2D eigenvalue weighted by Gasteiger charge is -2.36. The van der Waals surface area contributed by atoms with Gasteiger partial charge in [-0.1, -0.05) is 6.92 Å². The molecule has 0 bridgehead atoms. The van der Waals surface area contributed by atoms with Crippen molar-refractivity contribution in [1.29, 1.82) is 0 Å². The van der Waals surface area contributed by atoms with Crippen molar-refractivity contribution >= 4 is 5.91 Å².